The highest BCUT2D eigenvalue weighted by atomic mass is 16.6. The van der Waals surface area contributed by atoms with Gasteiger partial charge in [0.1, 0.15) is 5.78 Å². The Bertz CT molecular complexity index is 799. The first-order valence-electron chi connectivity index (χ1n) is 8.91. The summed E-state index contributed by atoms with van der Waals surface area (Å²) < 4.78 is 0. The lowest BCUT2D eigenvalue weighted by Gasteiger charge is -2.29. The maximum absolute atomic E-state index is 12.7. The van der Waals surface area contributed by atoms with Crippen molar-refractivity contribution in [3.63, 3.8) is 0 Å². The van der Waals surface area contributed by atoms with Crippen LogP contribution in [0.4, 0.5) is 5.69 Å². The second-order valence-electron chi connectivity index (χ2n) is 6.77. The van der Waals surface area contributed by atoms with Gasteiger partial charge >= 0.3 is 0 Å². The minimum absolute atomic E-state index is 0.00711. The van der Waals surface area contributed by atoms with E-state index in [1.807, 2.05) is 18.2 Å². The van der Waals surface area contributed by atoms with Crippen molar-refractivity contribution in [3.05, 3.63) is 75.8 Å². The smallest absolute Gasteiger partial charge is 0.269 e. The van der Waals surface area contributed by atoms with Crippen molar-refractivity contribution in [2.45, 2.75) is 38.0 Å². The number of Topliss-reactive ketones (excluding diaryl/α,β-unsaturated/α-hetero) is 2. The van der Waals surface area contributed by atoms with Crippen molar-refractivity contribution >= 4 is 17.3 Å². The highest BCUT2D eigenvalue weighted by Gasteiger charge is 2.33. The van der Waals surface area contributed by atoms with Gasteiger partial charge < -0.3 is 0 Å². The average Bonchev–Trinajstić information content (AvgIpc) is 2.67. The van der Waals surface area contributed by atoms with Crippen LogP contribution in [0, 0.1) is 16.0 Å². The van der Waals surface area contributed by atoms with Gasteiger partial charge in [-0.25, -0.2) is 0 Å². The quantitative estimate of drug-likeness (QED) is 0.429. The first kappa shape index (κ1) is 18.0. The van der Waals surface area contributed by atoms with Gasteiger partial charge in [-0.2, -0.15) is 0 Å². The van der Waals surface area contributed by atoms with Crippen LogP contribution in [-0.4, -0.2) is 16.5 Å². The van der Waals surface area contributed by atoms with E-state index in [4.69, 9.17) is 0 Å². The molecule has 3 rings (SSSR count). The van der Waals surface area contributed by atoms with Crippen molar-refractivity contribution < 1.29 is 14.5 Å². The topological polar surface area (TPSA) is 77.3 Å². The Kier molecular flexibility index (Phi) is 5.56. The number of benzene rings is 2. The molecule has 1 fully saturated rings. The van der Waals surface area contributed by atoms with Gasteiger partial charge in [-0.3, -0.25) is 19.7 Å². The summed E-state index contributed by atoms with van der Waals surface area (Å²) in [6.45, 7) is 0. The van der Waals surface area contributed by atoms with Gasteiger partial charge in [-0.15, -0.1) is 0 Å². The minimum Gasteiger partial charge on any atom is -0.299 e. The van der Waals surface area contributed by atoms with Crippen LogP contribution in [-0.2, 0) is 4.79 Å². The Morgan fingerprint density at radius 2 is 1.77 bits per heavy atom. The molecule has 26 heavy (non-hydrogen) atoms. The summed E-state index contributed by atoms with van der Waals surface area (Å²) in [4.78, 5) is 35.7. The minimum atomic E-state index is -0.445. The standard InChI is InChI=1S/C21H21NO4/c23-20-9-5-4-8-18(20)19(14-21(24)16-6-2-1-3-7-16)15-10-12-17(13-11-15)22(25)26/h1-3,6-7,10-13,18-19H,4-5,8-9,14H2/t18-,19-/m0/s1. The molecule has 5 heteroatoms. The molecule has 0 saturated heterocycles. The number of hydrogen-bond acceptors (Lipinski definition) is 4. The average molecular weight is 351 g/mol. The predicted octanol–water partition coefficient (Wildman–Crippen LogP) is 4.71. The van der Waals surface area contributed by atoms with Crippen molar-refractivity contribution in [1.29, 1.82) is 0 Å². The summed E-state index contributed by atoms with van der Waals surface area (Å²) in [6.07, 6.45) is 3.42. The third kappa shape index (κ3) is 4.04. The van der Waals surface area contributed by atoms with Gasteiger partial charge in [-0.1, -0.05) is 48.9 Å². The number of non-ortho nitro benzene ring substituents is 1. The van der Waals surface area contributed by atoms with Gasteiger partial charge in [0.05, 0.1) is 4.92 Å². The van der Waals surface area contributed by atoms with E-state index >= 15 is 0 Å². The normalized spacial score (nSPS) is 18.3. The first-order chi connectivity index (χ1) is 12.6. The molecule has 1 aliphatic rings. The molecule has 2 aromatic carbocycles. The fourth-order valence-corrected chi connectivity index (χ4v) is 3.71. The van der Waals surface area contributed by atoms with E-state index in [0.717, 1.165) is 24.8 Å². The molecule has 134 valence electrons. The Morgan fingerprint density at radius 1 is 1.08 bits per heavy atom. The molecule has 0 unspecified atom stereocenters. The Morgan fingerprint density at radius 3 is 2.38 bits per heavy atom. The highest BCUT2D eigenvalue weighted by molar-refractivity contribution is 5.97. The molecular formula is C21H21NO4. The number of nitro groups is 1. The first-order valence-corrected chi connectivity index (χ1v) is 8.91. The monoisotopic (exact) mass is 351 g/mol. The molecule has 0 heterocycles. The molecule has 5 nitrogen and oxygen atoms in total. The SMILES string of the molecule is O=C(C[C@@H](c1ccc([N+](=O)[O-])cc1)[C@@H]1CCCCC1=O)c1ccccc1. The Hall–Kier alpha value is -2.82. The van der Waals surface area contributed by atoms with E-state index in [-0.39, 0.29) is 35.5 Å². The largest absolute Gasteiger partial charge is 0.299 e. The molecule has 0 aliphatic heterocycles. The van der Waals surface area contributed by atoms with E-state index < -0.39 is 4.92 Å². The van der Waals surface area contributed by atoms with Gasteiger partial charge in [0.15, 0.2) is 5.78 Å². The van der Waals surface area contributed by atoms with Crippen LogP contribution in [0.25, 0.3) is 0 Å². The lowest BCUT2D eigenvalue weighted by Crippen LogP contribution is -2.27. The second kappa shape index (κ2) is 8.04. The van der Waals surface area contributed by atoms with Crippen molar-refractivity contribution in [3.8, 4) is 0 Å². The summed E-state index contributed by atoms with van der Waals surface area (Å²) in [5.41, 5.74) is 1.46. The third-order valence-electron chi connectivity index (χ3n) is 5.12. The van der Waals surface area contributed by atoms with Gasteiger partial charge in [0.2, 0.25) is 0 Å². The molecule has 0 spiro atoms. The molecule has 0 amide bonds. The number of carbonyl (C=O) groups excluding carboxylic acids is 2. The van der Waals surface area contributed by atoms with Crippen molar-refractivity contribution in [1.82, 2.24) is 0 Å². The lowest BCUT2D eigenvalue weighted by atomic mass is 9.73. The van der Waals surface area contributed by atoms with Crippen LogP contribution in [0.3, 0.4) is 0 Å². The molecule has 0 radical (unpaired) electrons. The van der Waals surface area contributed by atoms with Crippen LogP contribution >= 0.6 is 0 Å². The lowest BCUT2D eigenvalue weighted by molar-refractivity contribution is -0.384. The summed E-state index contributed by atoms with van der Waals surface area (Å²) in [6, 6.07) is 15.3. The zero-order valence-electron chi connectivity index (χ0n) is 14.5. The summed E-state index contributed by atoms with van der Waals surface area (Å²) >= 11 is 0. The van der Waals surface area contributed by atoms with Crippen LogP contribution < -0.4 is 0 Å². The number of ketones is 2. The zero-order chi connectivity index (χ0) is 18.5. The predicted molar refractivity (Wildman–Crippen MR) is 98.2 cm³/mol. The molecule has 0 bridgehead atoms. The van der Waals surface area contributed by atoms with Crippen LogP contribution in [0.1, 0.15) is 53.9 Å². The van der Waals surface area contributed by atoms with E-state index in [9.17, 15) is 19.7 Å². The molecular weight excluding hydrogens is 330 g/mol. The molecule has 0 N–H and O–H groups in total. The van der Waals surface area contributed by atoms with Crippen LogP contribution in [0.2, 0.25) is 0 Å². The van der Waals surface area contributed by atoms with Crippen molar-refractivity contribution in [2.75, 3.05) is 0 Å². The van der Waals surface area contributed by atoms with E-state index in [2.05, 4.69) is 0 Å². The zero-order valence-corrected chi connectivity index (χ0v) is 14.5. The van der Waals surface area contributed by atoms with Crippen molar-refractivity contribution in [2.24, 2.45) is 5.92 Å². The summed E-state index contributed by atoms with van der Waals surface area (Å²) in [5.74, 6) is -0.248. The number of hydrogen-bond donors (Lipinski definition) is 0. The number of nitro benzene ring substituents is 1. The molecule has 2 aromatic rings. The van der Waals surface area contributed by atoms with Crippen LogP contribution in [0.5, 0.6) is 0 Å². The maximum Gasteiger partial charge on any atom is 0.269 e. The number of nitrogens with zero attached hydrogens (tertiary/aromatic N) is 1. The van der Waals surface area contributed by atoms with E-state index in [1.54, 1.807) is 24.3 Å². The third-order valence-corrected chi connectivity index (χ3v) is 5.12. The fourth-order valence-electron chi connectivity index (χ4n) is 3.71. The fraction of sp³-hybridized carbons (Fsp3) is 0.333. The second-order valence-corrected chi connectivity index (χ2v) is 6.77. The number of carbonyl (C=O) groups is 2. The maximum atomic E-state index is 12.7. The van der Waals surface area contributed by atoms with Gasteiger partial charge in [0, 0.05) is 42.4 Å². The van der Waals surface area contributed by atoms with E-state index in [0.29, 0.717) is 12.0 Å². The summed E-state index contributed by atoms with van der Waals surface area (Å²) in [7, 11) is 0. The summed E-state index contributed by atoms with van der Waals surface area (Å²) in [5, 5.41) is 10.9. The highest BCUT2D eigenvalue weighted by Crippen LogP contribution is 2.37. The molecule has 2 atom stereocenters. The molecule has 0 aromatic heterocycles. The van der Waals surface area contributed by atoms with Gasteiger partial charge in [-0.05, 0) is 18.4 Å². The Labute approximate surface area is 152 Å². The Balaban J connectivity index is 1.89. The van der Waals surface area contributed by atoms with E-state index in [1.165, 1.54) is 12.1 Å². The van der Waals surface area contributed by atoms with Crippen LogP contribution in [0.15, 0.2) is 54.6 Å². The molecule has 1 aliphatic carbocycles. The molecule has 1 saturated carbocycles. The number of rotatable bonds is 6. The van der Waals surface area contributed by atoms with Gasteiger partial charge in [0.25, 0.3) is 5.69 Å².